The van der Waals surface area contributed by atoms with Crippen molar-refractivity contribution >= 4 is 5.97 Å². The number of rotatable bonds is 1. The van der Waals surface area contributed by atoms with Gasteiger partial charge in [-0.3, -0.25) is 4.79 Å². The Morgan fingerprint density at radius 2 is 1.79 bits per heavy atom. The highest BCUT2D eigenvalue weighted by Crippen LogP contribution is 2.66. The van der Waals surface area contributed by atoms with Gasteiger partial charge in [0.1, 0.15) is 6.10 Å². The first-order valence-electron chi connectivity index (χ1n) is 10.2. The third-order valence-corrected chi connectivity index (χ3v) is 8.84. The van der Waals surface area contributed by atoms with Crippen molar-refractivity contribution < 1.29 is 9.53 Å². The lowest BCUT2D eigenvalue weighted by molar-refractivity contribution is -0.160. The van der Waals surface area contributed by atoms with E-state index < -0.39 is 0 Å². The van der Waals surface area contributed by atoms with Crippen molar-refractivity contribution in [1.82, 2.24) is 0 Å². The average Bonchev–Trinajstić information content (AvgIpc) is 2.84. The standard InChI is InChI=1S/C22H34O2/c1-14-9-11-21(3)16(13-14)5-6-17-18-7-8-20(24-15(2)23)22(18,4)12-10-19(17)21/h16-20H,1,5-13H2,2-4H3/t16-,17?,18?,19?,20-,21-,22-/m0/s1. The van der Waals surface area contributed by atoms with Gasteiger partial charge in [0.2, 0.25) is 0 Å². The molecular weight excluding hydrogens is 296 g/mol. The van der Waals surface area contributed by atoms with Crippen molar-refractivity contribution in [3.8, 4) is 0 Å². The van der Waals surface area contributed by atoms with Crippen molar-refractivity contribution in [2.45, 2.75) is 84.7 Å². The first kappa shape index (κ1) is 16.7. The number of esters is 1. The maximum atomic E-state index is 11.5. The second-order valence-electron chi connectivity index (χ2n) is 9.83. The summed E-state index contributed by atoms with van der Waals surface area (Å²) < 4.78 is 5.76. The van der Waals surface area contributed by atoms with Crippen LogP contribution in [0.5, 0.6) is 0 Å². The zero-order valence-corrected chi connectivity index (χ0v) is 15.8. The van der Waals surface area contributed by atoms with E-state index in [0.717, 1.165) is 30.1 Å². The highest BCUT2D eigenvalue weighted by molar-refractivity contribution is 5.66. The molecule has 0 aromatic heterocycles. The van der Waals surface area contributed by atoms with Crippen molar-refractivity contribution in [2.75, 3.05) is 0 Å². The van der Waals surface area contributed by atoms with Gasteiger partial charge in [0.05, 0.1) is 0 Å². The number of carbonyl (C=O) groups is 1. The zero-order valence-electron chi connectivity index (χ0n) is 15.8. The molecule has 0 heterocycles. The largest absolute Gasteiger partial charge is 0.462 e. The van der Waals surface area contributed by atoms with Gasteiger partial charge in [0.15, 0.2) is 0 Å². The topological polar surface area (TPSA) is 26.3 Å². The Kier molecular flexibility index (Phi) is 3.89. The Labute approximate surface area is 147 Å². The Morgan fingerprint density at radius 3 is 2.54 bits per heavy atom. The van der Waals surface area contributed by atoms with Crippen LogP contribution in [-0.2, 0) is 9.53 Å². The lowest BCUT2D eigenvalue weighted by Gasteiger charge is -2.60. The van der Waals surface area contributed by atoms with Gasteiger partial charge in [0, 0.05) is 12.3 Å². The first-order valence-corrected chi connectivity index (χ1v) is 10.2. The van der Waals surface area contributed by atoms with E-state index in [0.29, 0.717) is 5.41 Å². The van der Waals surface area contributed by atoms with Gasteiger partial charge in [0.25, 0.3) is 0 Å². The molecule has 0 aliphatic heterocycles. The fourth-order valence-corrected chi connectivity index (χ4v) is 7.50. The Balaban J connectivity index is 1.58. The number of hydrogen-bond donors (Lipinski definition) is 0. The van der Waals surface area contributed by atoms with Gasteiger partial charge in [-0.25, -0.2) is 0 Å². The molecule has 24 heavy (non-hydrogen) atoms. The minimum atomic E-state index is -0.0922. The van der Waals surface area contributed by atoms with Crippen LogP contribution in [0.3, 0.4) is 0 Å². The molecule has 0 spiro atoms. The van der Waals surface area contributed by atoms with Gasteiger partial charge < -0.3 is 4.74 Å². The highest BCUT2D eigenvalue weighted by Gasteiger charge is 2.60. The van der Waals surface area contributed by atoms with Gasteiger partial charge in [-0.2, -0.15) is 0 Å². The van der Waals surface area contributed by atoms with Gasteiger partial charge >= 0.3 is 5.97 Å². The Hall–Kier alpha value is -0.790. The molecule has 0 saturated heterocycles. The predicted molar refractivity (Wildman–Crippen MR) is 96.4 cm³/mol. The lowest BCUT2D eigenvalue weighted by atomic mass is 9.45. The summed E-state index contributed by atoms with van der Waals surface area (Å²) in [6, 6.07) is 0. The number of hydrogen-bond acceptors (Lipinski definition) is 2. The quantitative estimate of drug-likeness (QED) is 0.467. The molecule has 0 aromatic rings. The van der Waals surface area contributed by atoms with Crippen LogP contribution in [0.1, 0.15) is 78.6 Å². The van der Waals surface area contributed by atoms with Crippen LogP contribution >= 0.6 is 0 Å². The third kappa shape index (κ3) is 2.31. The van der Waals surface area contributed by atoms with E-state index in [2.05, 4.69) is 20.4 Å². The SMILES string of the molecule is C=C1CC[C@]2(C)C3CC[C@@]4(C)C(CC[C@@H]4OC(C)=O)C3CC[C@H]2C1. The number of carbonyl (C=O) groups excluding carboxylic acids is 1. The van der Waals surface area contributed by atoms with E-state index in [9.17, 15) is 4.79 Å². The van der Waals surface area contributed by atoms with Crippen molar-refractivity contribution in [3.63, 3.8) is 0 Å². The molecule has 0 radical (unpaired) electrons. The summed E-state index contributed by atoms with van der Waals surface area (Å²) in [4.78, 5) is 11.5. The van der Waals surface area contributed by atoms with Crippen LogP contribution in [0.25, 0.3) is 0 Å². The molecule has 0 amide bonds. The average molecular weight is 331 g/mol. The maximum absolute atomic E-state index is 11.5. The second-order valence-corrected chi connectivity index (χ2v) is 9.83. The van der Waals surface area contributed by atoms with Crippen LogP contribution in [0.15, 0.2) is 12.2 Å². The maximum Gasteiger partial charge on any atom is 0.302 e. The lowest BCUT2D eigenvalue weighted by Crippen LogP contribution is -2.53. The number of allylic oxidation sites excluding steroid dienone is 1. The van der Waals surface area contributed by atoms with E-state index in [1.165, 1.54) is 56.9 Å². The van der Waals surface area contributed by atoms with Crippen molar-refractivity contribution in [3.05, 3.63) is 12.2 Å². The van der Waals surface area contributed by atoms with Crippen LogP contribution < -0.4 is 0 Å². The van der Waals surface area contributed by atoms with Gasteiger partial charge in [-0.05, 0) is 86.9 Å². The highest BCUT2D eigenvalue weighted by atomic mass is 16.5. The third-order valence-electron chi connectivity index (χ3n) is 8.84. The number of fused-ring (bicyclic) bond motifs is 5. The summed E-state index contributed by atoms with van der Waals surface area (Å²) in [6.45, 7) is 10.9. The summed E-state index contributed by atoms with van der Waals surface area (Å²) >= 11 is 0. The van der Waals surface area contributed by atoms with E-state index in [1.54, 1.807) is 6.92 Å². The van der Waals surface area contributed by atoms with Crippen LogP contribution in [-0.4, -0.2) is 12.1 Å². The fourth-order valence-electron chi connectivity index (χ4n) is 7.50. The molecule has 2 nitrogen and oxygen atoms in total. The molecule has 134 valence electrons. The second kappa shape index (κ2) is 5.61. The van der Waals surface area contributed by atoms with E-state index in [1.807, 2.05) is 0 Å². The molecule has 4 aliphatic rings. The summed E-state index contributed by atoms with van der Waals surface area (Å²) in [7, 11) is 0. The first-order chi connectivity index (χ1) is 11.3. The zero-order chi connectivity index (χ0) is 17.1. The molecule has 4 fully saturated rings. The monoisotopic (exact) mass is 330 g/mol. The van der Waals surface area contributed by atoms with Crippen LogP contribution in [0.2, 0.25) is 0 Å². The molecule has 0 N–H and O–H groups in total. The predicted octanol–water partition coefficient (Wildman–Crippen LogP) is 5.52. The number of ether oxygens (including phenoxy) is 1. The molecule has 4 saturated carbocycles. The van der Waals surface area contributed by atoms with Gasteiger partial charge in [-0.15, -0.1) is 0 Å². The molecule has 3 unspecified atom stereocenters. The molecular formula is C22H34O2. The normalized spacial score (nSPS) is 50.6. The van der Waals surface area contributed by atoms with Crippen molar-refractivity contribution in [2.24, 2.45) is 34.5 Å². The molecule has 7 atom stereocenters. The fraction of sp³-hybridized carbons (Fsp3) is 0.864. The summed E-state index contributed by atoms with van der Waals surface area (Å²) in [6.07, 6.45) is 11.8. The summed E-state index contributed by atoms with van der Waals surface area (Å²) in [5, 5.41) is 0. The Bertz CT molecular complexity index is 552. The molecule has 2 heteroatoms. The van der Waals surface area contributed by atoms with Crippen molar-refractivity contribution in [1.29, 1.82) is 0 Å². The van der Waals surface area contributed by atoms with E-state index >= 15 is 0 Å². The summed E-state index contributed by atoms with van der Waals surface area (Å²) in [5.74, 6) is 3.29. The smallest absolute Gasteiger partial charge is 0.302 e. The van der Waals surface area contributed by atoms with Crippen LogP contribution in [0.4, 0.5) is 0 Å². The minimum absolute atomic E-state index is 0.0922. The molecule has 0 bridgehead atoms. The molecule has 4 rings (SSSR count). The van der Waals surface area contributed by atoms with E-state index in [4.69, 9.17) is 4.74 Å². The Morgan fingerprint density at radius 1 is 1.04 bits per heavy atom. The minimum Gasteiger partial charge on any atom is -0.462 e. The van der Waals surface area contributed by atoms with E-state index in [-0.39, 0.29) is 17.5 Å². The summed E-state index contributed by atoms with van der Waals surface area (Å²) in [5.41, 5.74) is 2.26. The molecule has 4 aliphatic carbocycles. The van der Waals surface area contributed by atoms with Gasteiger partial charge in [-0.1, -0.05) is 26.0 Å². The molecule has 0 aromatic carbocycles. The van der Waals surface area contributed by atoms with Crippen LogP contribution in [0, 0.1) is 34.5 Å².